The summed E-state index contributed by atoms with van der Waals surface area (Å²) in [6, 6.07) is 3.78. The lowest BCUT2D eigenvalue weighted by Crippen LogP contribution is -2.51. The van der Waals surface area contributed by atoms with E-state index >= 15 is 0 Å². The number of nitro benzene ring substituents is 1. The van der Waals surface area contributed by atoms with E-state index in [-0.39, 0.29) is 46.7 Å². The fourth-order valence-corrected chi connectivity index (χ4v) is 2.96. The predicted molar refractivity (Wildman–Crippen MR) is 87.7 cm³/mol. The van der Waals surface area contributed by atoms with Gasteiger partial charge in [0.25, 0.3) is 11.6 Å². The second kappa shape index (κ2) is 7.76. The average Bonchev–Trinajstić information content (AvgIpc) is 2.46. The molecule has 1 amide bonds. The molecule has 1 aromatic carbocycles. The maximum atomic E-state index is 12.6. The number of hydrogen-bond donors (Lipinski definition) is 1. The number of piperidine rings is 1. The molecule has 1 aliphatic heterocycles. The van der Waals surface area contributed by atoms with E-state index in [2.05, 4.69) is 0 Å². The molecule has 2 atom stereocenters. The smallest absolute Gasteiger partial charge is 0.270 e. The van der Waals surface area contributed by atoms with E-state index in [9.17, 15) is 14.9 Å². The monoisotopic (exact) mass is 347 g/mol. The minimum absolute atomic E-state index is 0. The first-order chi connectivity index (χ1) is 9.91. The van der Waals surface area contributed by atoms with Gasteiger partial charge in [-0.2, -0.15) is 0 Å². The highest BCUT2D eigenvalue weighted by Crippen LogP contribution is 2.27. The number of non-ortho nitro benzene ring substituents is 1. The topological polar surface area (TPSA) is 89.5 Å². The summed E-state index contributed by atoms with van der Waals surface area (Å²) < 4.78 is 0. The summed E-state index contributed by atoms with van der Waals surface area (Å²) in [7, 11) is 0. The fourth-order valence-electron chi connectivity index (χ4n) is 2.70. The van der Waals surface area contributed by atoms with E-state index < -0.39 is 4.92 Å². The highest BCUT2D eigenvalue weighted by molar-refractivity contribution is 6.34. The number of carbonyl (C=O) groups excluding carboxylic acids is 1. The molecule has 2 unspecified atom stereocenters. The molecular formula is C14H19Cl2N3O3. The van der Waals surface area contributed by atoms with Crippen LogP contribution in [0.3, 0.4) is 0 Å². The number of benzene rings is 1. The predicted octanol–water partition coefficient (Wildman–Crippen LogP) is 3.01. The minimum Gasteiger partial charge on any atom is -0.334 e. The Kier molecular flexibility index (Phi) is 6.59. The van der Waals surface area contributed by atoms with Crippen molar-refractivity contribution in [2.45, 2.75) is 38.3 Å². The zero-order chi connectivity index (χ0) is 15.6. The number of nitrogens with two attached hydrogens (primary N) is 1. The van der Waals surface area contributed by atoms with Crippen LogP contribution in [0.15, 0.2) is 18.2 Å². The Hall–Kier alpha value is -1.37. The molecule has 1 aromatic rings. The molecule has 1 aliphatic rings. The molecule has 2 rings (SSSR count). The van der Waals surface area contributed by atoms with Crippen molar-refractivity contribution in [1.82, 2.24) is 4.90 Å². The Morgan fingerprint density at radius 2 is 2.18 bits per heavy atom. The van der Waals surface area contributed by atoms with Crippen LogP contribution < -0.4 is 5.73 Å². The van der Waals surface area contributed by atoms with E-state index in [0.29, 0.717) is 6.54 Å². The van der Waals surface area contributed by atoms with E-state index in [1.165, 1.54) is 18.2 Å². The third-order valence-corrected chi connectivity index (χ3v) is 4.12. The van der Waals surface area contributed by atoms with Gasteiger partial charge in [-0.05, 0) is 32.3 Å². The molecule has 1 saturated heterocycles. The fraction of sp³-hybridized carbons (Fsp3) is 0.500. The average molecular weight is 348 g/mol. The van der Waals surface area contributed by atoms with E-state index in [1.807, 2.05) is 6.92 Å². The molecule has 0 bridgehead atoms. The number of nitrogens with zero attached hydrogens (tertiary/aromatic N) is 2. The van der Waals surface area contributed by atoms with Crippen molar-refractivity contribution in [3.63, 3.8) is 0 Å². The van der Waals surface area contributed by atoms with Crippen LogP contribution >= 0.6 is 24.0 Å². The molecule has 1 heterocycles. The molecule has 6 nitrogen and oxygen atoms in total. The van der Waals surface area contributed by atoms with Gasteiger partial charge in [0.05, 0.1) is 15.5 Å². The first kappa shape index (κ1) is 18.7. The third-order valence-electron chi connectivity index (χ3n) is 3.81. The second-order valence-electron chi connectivity index (χ2n) is 5.34. The van der Waals surface area contributed by atoms with Crippen LogP contribution in [0.5, 0.6) is 0 Å². The summed E-state index contributed by atoms with van der Waals surface area (Å²) in [5, 5.41) is 10.8. The van der Waals surface area contributed by atoms with Gasteiger partial charge in [-0.25, -0.2) is 0 Å². The maximum Gasteiger partial charge on any atom is 0.270 e. The normalized spacial score (nSPS) is 19.2. The molecular weight excluding hydrogens is 329 g/mol. The Labute approximate surface area is 140 Å². The molecule has 0 saturated carbocycles. The van der Waals surface area contributed by atoms with Gasteiger partial charge in [-0.3, -0.25) is 14.9 Å². The van der Waals surface area contributed by atoms with Crippen LogP contribution in [-0.2, 0) is 0 Å². The molecule has 8 heteroatoms. The van der Waals surface area contributed by atoms with Crippen molar-refractivity contribution in [2.75, 3.05) is 6.54 Å². The van der Waals surface area contributed by atoms with Crippen LogP contribution in [0.4, 0.5) is 5.69 Å². The SMILES string of the molecule is CC(N)C1CCCCN1C(=O)c1ccc([N+](=O)[O-])cc1Cl.Cl. The summed E-state index contributed by atoms with van der Waals surface area (Å²) >= 11 is 6.03. The molecule has 0 spiro atoms. The van der Waals surface area contributed by atoms with Gasteiger partial charge in [-0.15, -0.1) is 12.4 Å². The van der Waals surface area contributed by atoms with Crippen molar-refractivity contribution >= 4 is 35.6 Å². The highest BCUT2D eigenvalue weighted by atomic mass is 35.5. The summed E-state index contributed by atoms with van der Waals surface area (Å²) in [6.07, 6.45) is 2.84. The van der Waals surface area contributed by atoms with Crippen LogP contribution in [0, 0.1) is 10.1 Å². The second-order valence-corrected chi connectivity index (χ2v) is 5.75. The number of amides is 1. The van der Waals surface area contributed by atoms with E-state index in [0.717, 1.165) is 19.3 Å². The van der Waals surface area contributed by atoms with E-state index in [4.69, 9.17) is 17.3 Å². The van der Waals surface area contributed by atoms with Gasteiger partial charge in [0, 0.05) is 30.8 Å². The highest BCUT2D eigenvalue weighted by Gasteiger charge is 2.31. The number of likely N-dealkylation sites (tertiary alicyclic amines) is 1. The lowest BCUT2D eigenvalue weighted by molar-refractivity contribution is -0.384. The zero-order valence-corrected chi connectivity index (χ0v) is 13.8. The summed E-state index contributed by atoms with van der Waals surface area (Å²) in [4.78, 5) is 24.5. The zero-order valence-electron chi connectivity index (χ0n) is 12.2. The Balaban J connectivity index is 0.00000242. The molecule has 1 fully saturated rings. The summed E-state index contributed by atoms with van der Waals surface area (Å²) in [5.41, 5.74) is 6.12. The van der Waals surface area contributed by atoms with Crippen molar-refractivity contribution in [2.24, 2.45) is 5.73 Å². The molecule has 0 aromatic heterocycles. The van der Waals surface area contributed by atoms with Crippen LogP contribution in [0.25, 0.3) is 0 Å². The molecule has 2 N–H and O–H groups in total. The van der Waals surface area contributed by atoms with Gasteiger partial charge in [-0.1, -0.05) is 11.6 Å². The van der Waals surface area contributed by atoms with Crippen molar-refractivity contribution < 1.29 is 9.72 Å². The standard InChI is InChI=1S/C14H18ClN3O3.ClH/c1-9(16)13-4-2-3-7-17(13)14(19)11-6-5-10(18(20)21)8-12(11)15;/h5-6,8-9,13H,2-4,7,16H2,1H3;1H. The van der Waals surface area contributed by atoms with Crippen molar-refractivity contribution in [3.8, 4) is 0 Å². The van der Waals surface area contributed by atoms with Gasteiger partial charge in [0.2, 0.25) is 0 Å². The third kappa shape index (κ3) is 3.88. The number of halogens is 2. The van der Waals surface area contributed by atoms with Crippen LogP contribution in [0.1, 0.15) is 36.5 Å². The molecule has 122 valence electrons. The number of nitro groups is 1. The molecule has 22 heavy (non-hydrogen) atoms. The largest absolute Gasteiger partial charge is 0.334 e. The number of hydrogen-bond acceptors (Lipinski definition) is 4. The lowest BCUT2D eigenvalue weighted by atomic mass is 9.96. The lowest BCUT2D eigenvalue weighted by Gasteiger charge is -2.38. The van der Waals surface area contributed by atoms with Gasteiger partial charge in [0.15, 0.2) is 0 Å². The number of rotatable bonds is 3. The van der Waals surface area contributed by atoms with Crippen molar-refractivity contribution in [1.29, 1.82) is 0 Å². The quantitative estimate of drug-likeness (QED) is 0.672. The maximum absolute atomic E-state index is 12.6. The van der Waals surface area contributed by atoms with Crippen LogP contribution in [-0.4, -0.2) is 34.4 Å². The van der Waals surface area contributed by atoms with Crippen molar-refractivity contribution in [3.05, 3.63) is 38.9 Å². The number of carbonyl (C=O) groups is 1. The molecule has 0 aliphatic carbocycles. The van der Waals surface area contributed by atoms with Gasteiger partial charge in [0.1, 0.15) is 0 Å². The first-order valence-corrected chi connectivity index (χ1v) is 7.30. The van der Waals surface area contributed by atoms with Gasteiger partial charge < -0.3 is 10.6 Å². The Bertz CT molecular complexity index is 566. The minimum atomic E-state index is -0.536. The van der Waals surface area contributed by atoms with Crippen LogP contribution in [0.2, 0.25) is 5.02 Å². The summed E-state index contributed by atoms with van der Waals surface area (Å²) in [6.45, 7) is 2.52. The Morgan fingerprint density at radius 3 is 2.73 bits per heavy atom. The Morgan fingerprint density at radius 1 is 1.50 bits per heavy atom. The summed E-state index contributed by atoms with van der Waals surface area (Å²) in [5.74, 6) is -0.211. The first-order valence-electron chi connectivity index (χ1n) is 6.92. The van der Waals surface area contributed by atoms with E-state index in [1.54, 1.807) is 4.90 Å². The van der Waals surface area contributed by atoms with Gasteiger partial charge >= 0.3 is 0 Å². The molecule has 0 radical (unpaired) electrons.